The Kier molecular flexibility index (Phi) is 3.57. The average molecular weight is 295 g/mol. The number of nitrogens with zero attached hydrogens (tertiary/aromatic N) is 2. The highest BCUT2D eigenvalue weighted by molar-refractivity contribution is 5.90. The smallest absolute Gasteiger partial charge is 0.338 e. The van der Waals surface area contributed by atoms with Gasteiger partial charge in [0.1, 0.15) is 11.6 Å². The van der Waals surface area contributed by atoms with Crippen molar-refractivity contribution < 1.29 is 14.6 Å². The van der Waals surface area contributed by atoms with E-state index in [-0.39, 0.29) is 17.9 Å². The summed E-state index contributed by atoms with van der Waals surface area (Å²) in [7, 11) is 0. The first-order chi connectivity index (χ1) is 10.6. The maximum absolute atomic E-state index is 11.9. The zero-order valence-electron chi connectivity index (χ0n) is 11.6. The van der Waals surface area contributed by atoms with Gasteiger partial charge in [-0.15, -0.1) is 0 Å². The van der Waals surface area contributed by atoms with E-state index in [1.165, 1.54) is 12.1 Å². The molecule has 0 aliphatic heterocycles. The third-order valence-electron chi connectivity index (χ3n) is 3.09. The molecule has 1 aromatic heterocycles. The molecule has 0 amide bonds. The zero-order chi connectivity index (χ0) is 15.5. The lowest BCUT2D eigenvalue weighted by molar-refractivity contribution is 0.0462. The molecule has 0 fully saturated rings. The van der Waals surface area contributed by atoms with Gasteiger partial charge in [-0.2, -0.15) is 0 Å². The Labute approximate surface area is 126 Å². The third-order valence-corrected chi connectivity index (χ3v) is 3.09. The van der Waals surface area contributed by atoms with Crippen LogP contribution in [-0.4, -0.2) is 21.0 Å². The number of anilines is 1. The van der Waals surface area contributed by atoms with E-state index in [9.17, 15) is 9.90 Å². The standard InChI is InChI=1S/C16H13N3O3/c17-15-12-6-1-2-7-13(12)18-14(19-15)9-22-16(21)10-4-3-5-11(20)8-10/h1-8,20H,9H2,(H2,17,18,19). The molecular weight excluding hydrogens is 282 g/mol. The van der Waals surface area contributed by atoms with Gasteiger partial charge in [-0.25, -0.2) is 14.8 Å². The molecule has 3 N–H and O–H groups in total. The number of nitrogens with two attached hydrogens (primary N) is 1. The highest BCUT2D eigenvalue weighted by atomic mass is 16.5. The molecule has 0 aliphatic rings. The molecule has 1 heterocycles. The van der Waals surface area contributed by atoms with E-state index in [0.29, 0.717) is 17.2 Å². The fraction of sp³-hybridized carbons (Fsp3) is 0.0625. The number of aromatic hydroxyl groups is 1. The molecule has 6 heteroatoms. The van der Waals surface area contributed by atoms with Gasteiger partial charge in [-0.1, -0.05) is 18.2 Å². The van der Waals surface area contributed by atoms with E-state index in [1.54, 1.807) is 12.1 Å². The molecular formula is C16H13N3O3. The van der Waals surface area contributed by atoms with Crippen molar-refractivity contribution >= 4 is 22.7 Å². The number of ether oxygens (including phenoxy) is 1. The van der Waals surface area contributed by atoms with Gasteiger partial charge >= 0.3 is 5.97 Å². The van der Waals surface area contributed by atoms with Crippen molar-refractivity contribution in [2.75, 3.05) is 5.73 Å². The Hall–Kier alpha value is -3.15. The van der Waals surface area contributed by atoms with Gasteiger partial charge in [0, 0.05) is 5.39 Å². The second-order valence-corrected chi connectivity index (χ2v) is 4.67. The number of carbonyl (C=O) groups is 1. The summed E-state index contributed by atoms with van der Waals surface area (Å²) in [6.45, 7) is -0.0937. The van der Waals surface area contributed by atoms with Crippen molar-refractivity contribution in [3.05, 3.63) is 59.9 Å². The zero-order valence-corrected chi connectivity index (χ0v) is 11.6. The molecule has 0 unspecified atom stereocenters. The first-order valence-corrected chi connectivity index (χ1v) is 6.61. The molecule has 0 bridgehead atoms. The number of phenols is 1. The van der Waals surface area contributed by atoms with E-state index >= 15 is 0 Å². The second kappa shape index (κ2) is 5.69. The van der Waals surface area contributed by atoms with Crippen LogP contribution in [0.1, 0.15) is 16.2 Å². The van der Waals surface area contributed by atoms with Gasteiger partial charge in [-0.3, -0.25) is 0 Å². The van der Waals surface area contributed by atoms with E-state index in [0.717, 1.165) is 5.39 Å². The number of fused-ring (bicyclic) bond motifs is 1. The molecule has 0 saturated carbocycles. The summed E-state index contributed by atoms with van der Waals surface area (Å²) < 4.78 is 5.14. The van der Waals surface area contributed by atoms with E-state index in [2.05, 4.69) is 9.97 Å². The van der Waals surface area contributed by atoms with E-state index in [1.807, 2.05) is 24.3 Å². The predicted octanol–water partition coefficient (Wildman–Crippen LogP) is 2.27. The third kappa shape index (κ3) is 2.80. The van der Waals surface area contributed by atoms with Crippen molar-refractivity contribution in [1.29, 1.82) is 0 Å². The normalized spacial score (nSPS) is 10.5. The SMILES string of the molecule is Nc1nc(COC(=O)c2cccc(O)c2)nc2ccccc12. The van der Waals surface area contributed by atoms with Gasteiger partial charge in [0.05, 0.1) is 11.1 Å². The van der Waals surface area contributed by atoms with Crippen molar-refractivity contribution in [3.63, 3.8) is 0 Å². The molecule has 22 heavy (non-hydrogen) atoms. The van der Waals surface area contributed by atoms with Crippen LogP contribution in [0.4, 0.5) is 5.82 Å². The number of nitrogen functional groups attached to an aromatic ring is 1. The van der Waals surface area contributed by atoms with Crippen LogP contribution in [0, 0.1) is 0 Å². The number of esters is 1. The minimum Gasteiger partial charge on any atom is -0.508 e. The molecule has 0 saturated heterocycles. The Morgan fingerprint density at radius 3 is 2.77 bits per heavy atom. The summed E-state index contributed by atoms with van der Waals surface area (Å²) in [5, 5.41) is 10.1. The van der Waals surface area contributed by atoms with Gasteiger partial charge in [0.25, 0.3) is 0 Å². The highest BCUT2D eigenvalue weighted by Gasteiger charge is 2.10. The molecule has 0 atom stereocenters. The second-order valence-electron chi connectivity index (χ2n) is 4.67. The molecule has 3 aromatic rings. The number of carbonyl (C=O) groups excluding carboxylic acids is 1. The lowest BCUT2D eigenvalue weighted by Gasteiger charge is -2.07. The van der Waals surface area contributed by atoms with Crippen LogP contribution in [0.3, 0.4) is 0 Å². The maximum Gasteiger partial charge on any atom is 0.338 e. The van der Waals surface area contributed by atoms with Crippen LogP contribution in [0.15, 0.2) is 48.5 Å². The van der Waals surface area contributed by atoms with Crippen LogP contribution in [0.25, 0.3) is 10.9 Å². The van der Waals surface area contributed by atoms with Crippen LogP contribution in [0.5, 0.6) is 5.75 Å². The fourth-order valence-corrected chi connectivity index (χ4v) is 2.06. The Bertz CT molecular complexity index is 849. The first kappa shape index (κ1) is 13.8. The fourth-order valence-electron chi connectivity index (χ4n) is 2.06. The average Bonchev–Trinajstić information content (AvgIpc) is 2.53. The summed E-state index contributed by atoms with van der Waals surface area (Å²) in [6.07, 6.45) is 0. The molecule has 0 aliphatic carbocycles. The van der Waals surface area contributed by atoms with Gasteiger partial charge < -0.3 is 15.6 Å². The van der Waals surface area contributed by atoms with Crippen molar-refractivity contribution in [3.8, 4) is 5.75 Å². The largest absolute Gasteiger partial charge is 0.508 e. The number of para-hydroxylation sites is 1. The number of phenolic OH excluding ortho intramolecular Hbond substituents is 1. The van der Waals surface area contributed by atoms with E-state index in [4.69, 9.17) is 10.5 Å². The summed E-state index contributed by atoms with van der Waals surface area (Å²) in [5.41, 5.74) is 6.82. The van der Waals surface area contributed by atoms with Crippen LogP contribution >= 0.6 is 0 Å². The van der Waals surface area contributed by atoms with Crippen LogP contribution in [-0.2, 0) is 11.3 Å². The first-order valence-electron chi connectivity index (χ1n) is 6.61. The minimum atomic E-state index is -0.564. The quantitative estimate of drug-likeness (QED) is 0.719. The van der Waals surface area contributed by atoms with Crippen LogP contribution in [0.2, 0.25) is 0 Å². The number of aromatic nitrogens is 2. The summed E-state index contributed by atoms with van der Waals surface area (Å²) >= 11 is 0. The van der Waals surface area contributed by atoms with Gasteiger partial charge in [0.15, 0.2) is 12.4 Å². The Morgan fingerprint density at radius 1 is 1.14 bits per heavy atom. The minimum absolute atomic E-state index is 0.000601. The van der Waals surface area contributed by atoms with Crippen molar-refractivity contribution in [2.24, 2.45) is 0 Å². The molecule has 0 radical (unpaired) electrons. The van der Waals surface area contributed by atoms with Gasteiger partial charge in [0.2, 0.25) is 0 Å². The Balaban J connectivity index is 1.78. The number of hydrogen-bond acceptors (Lipinski definition) is 6. The number of benzene rings is 2. The number of rotatable bonds is 3. The topological polar surface area (TPSA) is 98.3 Å². The highest BCUT2D eigenvalue weighted by Crippen LogP contribution is 2.18. The van der Waals surface area contributed by atoms with Crippen LogP contribution < -0.4 is 5.73 Å². The lowest BCUT2D eigenvalue weighted by atomic mass is 10.2. The summed E-state index contributed by atoms with van der Waals surface area (Å²) in [6, 6.07) is 13.3. The number of hydrogen-bond donors (Lipinski definition) is 2. The molecule has 110 valence electrons. The lowest BCUT2D eigenvalue weighted by Crippen LogP contribution is -2.08. The Morgan fingerprint density at radius 2 is 1.95 bits per heavy atom. The van der Waals surface area contributed by atoms with E-state index < -0.39 is 5.97 Å². The summed E-state index contributed by atoms with van der Waals surface area (Å²) in [4.78, 5) is 20.3. The molecule has 0 spiro atoms. The van der Waals surface area contributed by atoms with Crippen molar-refractivity contribution in [1.82, 2.24) is 9.97 Å². The van der Waals surface area contributed by atoms with Crippen molar-refractivity contribution in [2.45, 2.75) is 6.61 Å². The van der Waals surface area contributed by atoms with Gasteiger partial charge in [-0.05, 0) is 30.3 Å². The predicted molar refractivity (Wildman–Crippen MR) is 81.2 cm³/mol. The molecule has 6 nitrogen and oxygen atoms in total. The molecule has 3 rings (SSSR count). The molecule has 2 aromatic carbocycles. The monoisotopic (exact) mass is 295 g/mol. The summed E-state index contributed by atoms with van der Waals surface area (Å²) in [5.74, 6) is 0.102. The maximum atomic E-state index is 11.9.